The lowest BCUT2D eigenvalue weighted by atomic mass is 10.0. The van der Waals surface area contributed by atoms with Gasteiger partial charge in [0.15, 0.2) is 5.13 Å². The predicted molar refractivity (Wildman–Crippen MR) is 79.2 cm³/mol. The maximum atomic E-state index is 12.4. The third-order valence-corrected chi connectivity index (χ3v) is 4.97. The van der Waals surface area contributed by atoms with E-state index in [-0.39, 0.29) is 17.9 Å². The summed E-state index contributed by atoms with van der Waals surface area (Å²) in [7, 11) is 0. The topological polar surface area (TPSA) is 63.2 Å². The second kappa shape index (κ2) is 6.20. The molecule has 110 valence electrons. The molecular weight excluding hydrogens is 274 g/mol. The molecule has 20 heavy (non-hydrogen) atoms. The Hall–Kier alpha value is -0.980. The molecule has 2 heterocycles. The van der Waals surface area contributed by atoms with Gasteiger partial charge in [-0.1, -0.05) is 6.92 Å². The molecule has 1 aliphatic carbocycles. The molecule has 0 saturated carbocycles. The fraction of sp³-hybridized carbons (Fsp3) is 0.714. The lowest BCUT2D eigenvalue weighted by Crippen LogP contribution is -2.41. The summed E-state index contributed by atoms with van der Waals surface area (Å²) >= 11 is 1.62. The van der Waals surface area contributed by atoms with Gasteiger partial charge in [0.25, 0.3) is 0 Å². The van der Waals surface area contributed by atoms with Crippen LogP contribution in [0.4, 0.5) is 5.13 Å². The van der Waals surface area contributed by atoms with Gasteiger partial charge in [-0.15, -0.1) is 11.3 Å². The molecule has 0 bridgehead atoms. The quantitative estimate of drug-likeness (QED) is 0.866. The third kappa shape index (κ3) is 2.87. The Morgan fingerprint density at radius 3 is 3.15 bits per heavy atom. The highest BCUT2D eigenvalue weighted by atomic mass is 32.1. The van der Waals surface area contributed by atoms with Crippen LogP contribution in [-0.4, -0.2) is 36.7 Å². The van der Waals surface area contributed by atoms with E-state index in [1.807, 2.05) is 0 Å². The molecule has 1 aliphatic heterocycles. The molecule has 2 N–H and O–H groups in total. The number of nitrogens with zero attached hydrogens (tertiary/aromatic N) is 1. The van der Waals surface area contributed by atoms with Gasteiger partial charge in [0.05, 0.1) is 24.8 Å². The van der Waals surface area contributed by atoms with Gasteiger partial charge in [0.2, 0.25) is 5.91 Å². The molecule has 1 fully saturated rings. The first-order valence-corrected chi connectivity index (χ1v) is 8.20. The number of rotatable bonds is 5. The monoisotopic (exact) mass is 295 g/mol. The van der Waals surface area contributed by atoms with Crippen molar-refractivity contribution in [1.82, 2.24) is 10.3 Å². The average Bonchev–Trinajstić information content (AvgIpc) is 3.10. The number of aromatic nitrogens is 1. The second-order valence-electron chi connectivity index (χ2n) is 5.44. The standard InChI is InChI=1S/C14H21N3O2S/c1-2-6-15-11-8-19-7-9(11)13(18)17-14-16-10-4-3-5-12(10)20-14/h9,11,15H,2-8H2,1H3,(H,16,17,18). The van der Waals surface area contributed by atoms with Gasteiger partial charge in [0.1, 0.15) is 0 Å². The molecule has 1 aromatic heterocycles. The summed E-state index contributed by atoms with van der Waals surface area (Å²) in [6.07, 6.45) is 4.41. The van der Waals surface area contributed by atoms with Crippen molar-refractivity contribution < 1.29 is 9.53 Å². The summed E-state index contributed by atoms with van der Waals surface area (Å²) < 4.78 is 5.45. The van der Waals surface area contributed by atoms with Gasteiger partial charge in [-0.2, -0.15) is 0 Å². The number of nitrogens with one attached hydrogen (secondary N) is 2. The maximum Gasteiger partial charge on any atom is 0.233 e. The van der Waals surface area contributed by atoms with Crippen LogP contribution < -0.4 is 10.6 Å². The minimum atomic E-state index is -0.111. The molecule has 0 spiro atoms. The number of fused-ring (bicyclic) bond motifs is 1. The van der Waals surface area contributed by atoms with E-state index in [0.717, 1.165) is 30.9 Å². The first kappa shape index (κ1) is 14.0. The number of carbonyl (C=O) groups is 1. The summed E-state index contributed by atoms with van der Waals surface area (Å²) in [5.74, 6) is -0.0798. The van der Waals surface area contributed by atoms with Crippen LogP contribution in [0.1, 0.15) is 30.3 Å². The molecular formula is C14H21N3O2S. The molecule has 5 nitrogen and oxygen atoms in total. The van der Waals surface area contributed by atoms with Crippen molar-refractivity contribution >= 4 is 22.4 Å². The first-order chi connectivity index (χ1) is 9.78. The van der Waals surface area contributed by atoms with Crippen LogP contribution in [0.25, 0.3) is 0 Å². The highest BCUT2D eigenvalue weighted by molar-refractivity contribution is 7.15. The molecule has 6 heteroatoms. The van der Waals surface area contributed by atoms with Crippen molar-refractivity contribution in [2.75, 3.05) is 25.1 Å². The van der Waals surface area contributed by atoms with E-state index in [1.165, 1.54) is 17.0 Å². The summed E-state index contributed by atoms with van der Waals surface area (Å²) in [6, 6.07) is 0.127. The number of amides is 1. The lowest BCUT2D eigenvalue weighted by molar-refractivity contribution is -0.120. The number of hydrogen-bond acceptors (Lipinski definition) is 5. The minimum absolute atomic E-state index is 0.0310. The van der Waals surface area contributed by atoms with Crippen LogP contribution in [-0.2, 0) is 22.4 Å². The normalized spacial score (nSPS) is 24.9. The van der Waals surface area contributed by atoms with Crippen molar-refractivity contribution in [2.45, 2.75) is 38.6 Å². The number of aryl methyl sites for hydroxylation is 2. The average molecular weight is 295 g/mol. The molecule has 1 aromatic rings. The van der Waals surface area contributed by atoms with Crippen LogP contribution in [0, 0.1) is 5.92 Å². The van der Waals surface area contributed by atoms with Crippen molar-refractivity contribution in [3.05, 3.63) is 10.6 Å². The number of carbonyl (C=O) groups excluding carboxylic acids is 1. The summed E-state index contributed by atoms with van der Waals surface area (Å²) in [4.78, 5) is 18.2. The number of ether oxygens (including phenoxy) is 1. The molecule has 1 saturated heterocycles. The second-order valence-corrected chi connectivity index (χ2v) is 6.52. The smallest absolute Gasteiger partial charge is 0.233 e. The van der Waals surface area contributed by atoms with Crippen LogP contribution in [0.5, 0.6) is 0 Å². The van der Waals surface area contributed by atoms with E-state index in [0.29, 0.717) is 13.2 Å². The Balaban J connectivity index is 1.60. The Morgan fingerprint density at radius 2 is 2.35 bits per heavy atom. The van der Waals surface area contributed by atoms with E-state index in [1.54, 1.807) is 11.3 Å². The van der Waals surface area contributed by atoms with Gasteiger partial charge in [-0.25, -0.2) is 4.98 Å². The Kier molecular flexibility index (Phi) is 4.33. The fourth-order valence-electron chi connectivity index (χ4n) is 2.79. The van der Waals surface area contributed by atoms with E-state index >= 15 is 0 Å². The van der Waals surface area contributed by atoms with Gasteiger partial charge in [-0.05, 0) is 32.2 Å². The SMILES string of the molecule is CCCNC1COCC1C(=O)Nc1nc2c(s1)CCC2. The molecule has 2 unspecified atom stereocenters. The van der Waals surface area contributed by atoms with Crippen molar-refractivity contribution in [2.24, 2.45) is 5.92 Å². The molecule has 1 amide bonds. The zero-order chi connectivity index (χ0) is 13.9. The maximum absolute atomic E-state index is 12.4. The summed E-state index contributed by atoms with van der Waals surface area (Å²) in [5.41, 5.74) is 1.17. The van der Waals surface area contributed by atoms with E-state index < -0.39 is 0 Å². The highest BCUT2D eigenvalue weighted by Gasteiger charge is 2.34. The Labute approximate surface area is 123 Å². The van der Waals surface area contributed by atoms with Gasteiger partial charge in [-0.3, -0.25) is 4.79 Å². The van der Waals surface area contributed by atoms with Crippen LogP contribution in [0.2, 0.25) is 0 Å². The largest absolute Gasteiger partial charge is 0.379 e. The fourth-order valence-corrected chi connectivity index (χ4v) is 3.84. The van der Waals surface area contributed by atoms with Crippen molar-refractivity contribution in [1.29, 1.82) is 0 Å². The van der Waals surface area contributed by atoms with Crippen molar-refractivity contribution in [3.63, 3.8) is 0 Å². The number of anilines is 1. The zero-order valence-electron chi connectivity index (χ0n) is 11.8. The van der Waals surface area contributed by atoms with Gasteiger partial charge in [0, 0.05) is 10.9 Å². The third-order valence-electron chi connectivity index (χ3n) is 3.90. The van der Waals surface area contributed by atoms with E-state index in [9.17, 15) is 4.79 Å². The van der Waals surface area contributed by atoms with Crippen LogP contribution >= 0.6 is 11.3 Å². The van der Waals surface area contributed by atoms with Crippen molar-refractivity contribution in [3.8, 4) is 0 Å². The molecule has 0 radical (unpaired) electrons. The molecule has 2 aliphatic rings. The molecule has 2 atom stereocenters. The zero-order valence-corrected chi connectivity index (χ0v) is 12.6. The lowest BCUT2D eigenvalue weighted by Gasteiger charge is -2.17. The van der Waals surface area contributed by atoms with E-state index in [4.69, 9.17) is 4.74 Å². The highest BCUT2D eigenvalue weighted by Crippen LogP contribution is 2.30. The van der Waals surface area contributed by atoms with Crippen LogP contribution in [0.15, 0.2) is 0 Å². The summed E-state index contributed by atoms with van der Waals surface area (Å²) in [5, 5.41) is 7.10. The predicted octanol–water partition coefficient (Wildman–Crippen LogP) is 1.58. The number of thiazole rings is 1. The van der Waals surface area contributed by atoms with Crippen LogP contribution in [0.3, 0.4) is 0 Å². The Morgan fingerprint density at radius 1 is 1.45 bits per heavy atom. The summed E-state index contributed by atoms with van der Waals surface area (Å²) in [6.45, 7) is 4.16. The van der Waals surface area contributed by atoms with E-state index in [2.05, 4.69) is 22.5 Å². The van der Waals surface area contributed by atoms with Gasteiger partial charge >= 0.3 is 0 Å². The van der Waals surface area contributed by atoms with Gasteiger partial charge < -0.3 is 15.4 Å². The first-order valence-electron chi connectivity index (χ1n) is 7.38. The molecule has 0 aromatic carbocycles. The Bertz CT molecular complexity index is 467. The molecule has 3 rings (SSSR count). The minimum Gasteiger partial charge on any atom is -0.379 e. The number of hydrogen-bond donors (Lipinski definition) is 2.